The molecule has 0 atom stereocenters. The zero-order chi connectivity index (χ0) is 15.4. The number of hydrogen-bond acceptors (Lipinski definition) is 6. The van der Waals surface area contributed by atoms with Gasteiger partial charge in [-0.1, -0.05) is 27.5 Å². The van der Waals surface area contributed by atoms with Gasteiger partial charge >= 0.3 is 0 Å². The van der Waals surface area contributed by atoms with Crippen molar-refractivity contribution in [2.24, 2.45) is 0 Å². The molecule has 0 fully saturated rings. The Bertz CT molecular complexity index is 654. The molecular formula is C13H14BrClN4O2. The second-order valence-corrected chi connectivity index (χ2v) is 5.31. The van der Waals surface area contributed by atoms with E-state index in [9.17, 15) is 0 Å². The molecule has 0 saturated heterocycles. The minimum Gasteiger partial charge on any atom is -0.493 e. The van der Waals surface area contributed by atoms with Crippen LogP contribution in [0.4, 0.5) is 11.6 Å². The lowest BCUT2D eigenvalue weighted by molar-refractivity contribution is 0.354. The Kier molecular flexibility index (Phi) is 5.08. The molecule has 0 amide bonds. The largest absolute Gasteiger partial charge is 0.493 e. The molecular weight excluding hydrogens is 360 g/mol. The van der Waals surface area contributed by atoms with E-state index >= 15 is 0 Å². The molecule has 1 aromatic heterocycles. The van der Waals surface area contributed by atoms with Crippen LogP contribution in [-0.4, -0.2) is 24.2 Å². The molecule has 1 aromatic carbocycles. The van der Waals surface area contributed by atoms with Gasteiger partial charge in [0.15, 0.2) is 17.3 Å². The number of nitrogens with one attached hydrogen (secondary N) is 1. The molecule has 6 nitrogen and oxygen atoms in total. The van der Waals surface area contributed by atoms with Crippen molar-refractivity contribution < 1.29 is 9.47 Å². The SMILES string of the molecule is COc1cc(Br)c(CNc2ncnc(N)c2Cl)cc1OC. The number of aromatic nitrogens is 2. The molecule has 21 heavy (non-hydrogen) atoms. The molecule has 112 valence electrons. The van der Waals surface area contributed by atoms with Crippen LogP contribution < -0.4 is 20.5 Å². The highest BCUT2D eigenvalue weighted by molar-refractivity contribution is 9.10. The Hall–Kier alpha value is -1.73. The van der Waals surface area contributed by atoms with Crippen LogP contribution in [0.15, 0.2) is 22.9 Å². The van der Waals surface area contributed by atoms with Crippen LogP contribution in [0, 0.1) is 0 Å². The van der Waals surface area contributed by atoms with Gasteiger partial charge in [0.05, 0.1) is 14.2 Å². The lowest BCUT2D eigenvalue weighted by Crippen LogP contribution is -2.05. The third kappa shape index (κ3) is 3.48. The van der Waals surface area contributed by atoms with Crippen molar-refractivity contribution in [1.29, 1.82) is 0 Å². The lowest BCUT2D eigenvalue weighted by Gasteiger charge is -2.13. The van der Waals surface area contributed by atoms with Gasteiger partial charge in [-0.25, -0.2) is 9.97 Å². The summed E-state index contributed by atoms with van der Waals surface area (Å²) < 4.78 is 11.4. The summed E-state index contributed by atoms with van der Waals surface area (Å²) in [5.74, 6) is 2.01. The summed E-state index contributed by atoms with van der Waals surface area (Å²) in [4.78, 5) is 7.87. The molecule has 0 unspecified atom stereocenters. The predicted molar refractivity (Wildman–Crippen MR) is 86.0 cm³/mol. The number of halogens is 2. The molecule has 1 heterocycles. The molecule has 2 rings (SSSR count). The van der Waals surface area contributed by atoms with Gasteiger partial charge in [-0.2, -0.15) is 0 Å². The molecule has 0 saturated carbocycles. The van der Waals surface area contributed by atoms with E-state index in [0.717, 1.165) is 10.0 Å². The number of nitrogens with zero attached hydrogens (tertiary/aromatic N) is 2. The third-order valence-corrected chi connectivity index (χ3v) is 3.93. The highest BCUT2D eigenvalue weighted by Gasteiger charge is 2.11. The van der Waals surface area contributed by atoms with Crippen molar-refractivity contribution in [2.75, 3.05) is 25.3 Å². The smallest absolute Gasteiger partial charge is 0.161 e. The molecule has 0 bridgehead atoms. The number of nitrogens with two attached hydrogens (primary N) is 1. The van der Waals surface area contributed by atoms with Crippen molar-refractivity contribution >= 4 is 39.2 Å². The average molecular weight is 374 g/mol. The van der Waals surface area contributed by atoms with Crippen molar-refractivity contribution in [2.45, 2.75) is 6.54 Å². The second-order valence-electron chi connectivity index (χ2n) is 4.07. The van der Waals surface area contributed by atoms with E-state index in [4.69, 9.17) is 26.8 Å². The summed E-state index contributed by atoms with van der Waals surface area (Å²) in [7, 11) is 3.18. The molecule has 0 radical (unpaired) electrons. The Morgan fingerprint density at radius 3 is 2.57 bits per heavy atom. The minimum atomic E-state index is 0.237. The molecule has 2 aromatic rings. The first kappa shape index (κ1) is 15.7. The number of rotatable bonds is 5. The van der Waals surface area contributed by atoms with E-state index in [2.05, 4.69) is 31.2 Å². The van der Waals surface area contributed by atoms with Crippen LogP contribution >= 0.6 is 27.5 Å². The highest BCUT2D eigenvalue weighted by atomic mass is 79.9. The van der Waals surface area contributed by atoms with Crippen LogP contribution in [0.25, 0.3) is 0 Å². The third-order valence-electron chi connectivity index (χ3n) is 2.82. The molecule has 3 N–H and O–H groups in total. The van der Waals surface area contributed by atoms with Gasteiger partial charge in [-0.15, -0.1) is 0 Å². The molecule has 0 aliphatic heterocycles. The summed E-state index contributed by atoms with van der Waals surface area (Å²) in [6.45, 7) is 0.483. The lowest BCUT2D eigenvalue weighted by atomic mass is 10.2. The number of methoxy groups -OCH3 is 2. The summed E-state index contributed by atoms with van der Waals surface area (Å²) >= 11 is 9.53. The monoisotopic (exact) mass is 372 g/mol. The molecule has 0 aliphatic rings. The van der Waals surface area contributed by atoms with Crippen LogP contribution in [0.1, 0.15) is 5.56 Å². The maximum absolute atomic E-state index is 6.04. The van der Waals surface area contributed by atoms with E-state index in [1.165, 1.54) is 6.33 Å². The Labute approximate surface area is 135 Å². The second kappa shape index (κ2) is 6.82. The summed E-state index contributed by atoms with van der Waals surface area (Å²) in [6, 6.07) is 3.71. The predicted octanol–water partition coefficient (Wildman–Crippen LogP) is 3.10. The topological polar surface area (TPSA) is 82.3 Å². The van der Waals surface area contributed by atoms with E-state index in [1.54, 1.807) is 14.2 Å². The average Bonchev–Trinajstić information content (AvgIpc) is 2.49. The van der Waals surface area contributed by atoms with Gasteiger partial charge in [0, 0.05) is 11.0 Å². The highest BCUT2D eigenvalue weighted by Crippen LogP contribution is 2.34. The molecule has 8 heteroatoms. The fourth-order valence-corrected chi connectivity index (χ4v) is 2.34. The number of anilines is 2. The van der Waals surface area contributed by atoms with Gasteiger partial charge < -0.3 is 20.5 Å². The molecule has 0 spiro atoms. The summed E-state index contributed by atoms with van der Waals surface area (Å²) in [5.41, 5.74) is 6.59. The van der Waals surface area contributed by atoms with E-state index < -0.39 is 0 Å². The van der Waals surface area contributed by atoms with E-state index in [0.29, 0.717) is 28.9 Å². The fourth-order valence-electron chi connectivity index (χ4n) is 1.72. The summed E-state index contributed by atoms with van der Waals surface area (Å²) in [5, 5.41) is 3.41. The van der Waals surface area contributed by atoms with E-state index in [1.807, 2.05) is 12.1 Å². The quantitative estimate of drug-likeness (QED) is 0.838. The number of nitrogen functional groups attached to an aromatic ring is 1. The summed E-state index contributed by atoms with van der Waals surface area (Å²) in [6.07, 6.45) is 1.35. The first-order valence-corrected chi connectivity index (χ1v) is 7.14. The first-order valence-electron chi connectivity index (χ1n) is 5.97. The zero-order valence-corrected chi connectivity index (χ0v) is 13.8. The van der Waals surface area contributed by atoms with Crippen LogP contribution in [-0.2, 0) is 6.54 Å². The Morgan fingerprint density at radius 1 is 1.24 bits per heavy atom. The number of hydrogen-bond donors (Lipinski definition) is 2. The van der Waals surface area contributed by atoms with Gasteiger partial charge in [0.1, 0.15) is 17.2 Å². The van der Waals surface area contributed by atoms with Gasteiger partial charge in [0.2, 0.25) is 0 Å². The van der Waals surface area contributed by atoms with Crippen molar-refractivity contribution in [3.05, 3.63) is 33.5 Å². The maximum Gasteiger partial charge on any atom is 0.161 e. The zero-order valence-electron chi connectivity index (χ0n) is 11.5. The van der Waals surface area contributed by atoms with Crippen molar-refractivity contribution in [1.82, 2.24) is 9.97 Å². The Morgan fingerprint density at radius 2 is 1.90 bits per heavy atom. The molecule has 0 aliphatic carbocycles. The van der Waals surface area contributed by atoms with Crippen LogP contribution in [0.5, 0.6) is 11.5 Å². The Balaban J connectivity index is 2.22. The number of benzene rings is 1. The van der Waals surface area contributed by atoms with Gasteiger partial charge in [-0.3, -0.25) is 0 Å². The minimum absolute atomic E-state index is 0.237. The standard InChI is InChI=1S/C13H14BrClN4O2/c1-20-9-3-7(8(14)4-10(9)21-2)5-17-13-11(15)12(16)18-6-19-13/h3-4,6H,5H2,1-2H3,(H3,16,17,18,19). The van der Waals surface area contributed by atoms with Gasteiger partial charge in [-0.05, 0) is 17.7 Å². The fraction of sp³-hybridized carbons (Fsp3) is 0.231. The van der Waals surface area contributed by atoms with Gasteiger partial charge in [0.25, 0.3) is 0 Å². The normalized spacial score (nSPS) is 10.3. The van der Waals surface area contributed by atoms with Crippen LogP contribution in [0.2, 0.25) is 5.02 Å². The van der Waals surface area contributed by atoms with Crippen molar-refractivity contribution in [3.63, 3.8) is 0 Å². The van der Waals surface area contributed by atoms with E-state index in [-0.39, 0.29) is 5.82 Å². The first-order chi connectivity index (χ1) is 10.1. The number of ether oxygens (including phenoxy) is 2. The van der Waals surface area contributed by atoms with Crippen molar-refractivity contribution in [3.8, 4) is 11.5 Å². The maximum atomic E-state index is 6.04. The van der Waals surface area contributed by atoms with Crippen LogP contribution in [0.3, 0.4) is 0 Å².